The van der Waals surface area contributed by atoms with E-state index in [0.29, 0.717) is 35.7 Å². The monoisotopic (exact) mass is 426 g/mol. The van der Waals surface area contributed by atoms with E-state index in [-0.39, 0.29) is 11.5 Å². The van der Waals surface area contributed by atoms with Crippen LogP contribution in [-0.4, -0.2) is 35.1 Å². The highest BCUT2D eigenvalue weighted by molar-refractivity contribution is 6.34. The lowest BCUT2D eigenvalue weighted by Gasteiger charge is -2.12. The van der Waals surface area contributed by atoms with Gasteiger partial charge in [-0.2, -0.15) is 0 Å². The Morgan fingerprint density at radius 1 is 1.27 bits per heavy atom. The zero-order chi connectivity index (χ0) is 21.7. The fraction of sp³-hybridized carbons (Fsp3) is 0.304. The summed E-state index contributed by atoms with van der Waals surface area (Å²) in [5.41, 5.74) is 3.58. The third kappa shape index (κ3) is 4.66. The number of carbonyl (C=O) groups is 1. The molecular weight excluding hydrogens is 400 g/mol. The van der Waals surface area contributed by atoms with E-state index >= 15 is 0 Å². The number of nitrogens with zero attached hydrogens (tertiary/aromatic N) is 1. The highest BCUT2D eigenvalue weighted by Crippen LogP contribution is 2.30. The molecule has 3 aromatic rings. The van der Waals surface area contributed by atoms with E-state index in [9.17, 15) is 9.59 Å². The number of hydrogen-bond acceptors (Lipinski definition) is 3. The van der Waals surface area contributed by atoms with Crippen molar-refractivity contribution in [2.75, 3.05) is 19.6 Å². The van der Waals surface area contributed by atoms with Gasteiger partial charge in [0.25, 0.3) is 11.5 Å². The van der Waals surface area contributed by atoms with Gasteiger partial charge >= 0.3 is 0 Å². The summed E-state index contributed by atoms with van der Waals surface area (Å²) in [4.78, 5) is 28.4. The van der Waals surface area contributed by atoms with Crippen LogP contribution < -0.4 is 16.2 Å². The molecule has 2 heterocycles. The van der Waals surface area contributed by atoms with Crippen molar-refractivity contribution in [3.63, 3.8) is 0 Å². The third-order valence-electron chi connectivity index (χ3n) is 4.90. The predicted octanol–water partition coefficient (Wildman–Crippen LogP) is 3.87. The van der Waals surface area contributed by atoms with Gasteiger partial charge in [0, 0.05) is 42.5 Å². The van der Waals surface area contributed by atoms with Crippen LogP contribution in [0.25, 0.3) is 22.0 Å². The predicted molar refractivity (Wildman–Crippen MR) is 123 cm³/mol. The second-order valence-corrected chi connectivity index (χ2v) is 7.52. The zero-order valence-corrected chi connectivity index (χ0v) is 18.3. The minimum atomic E-state index is -0.204. The number of fused-ring (bicyclic) bond motifs is 1. The number of pyridine rings is 1. The molecule has 1 amide bonds. The fourth-order valence-electron chi connectivity index (χ4n) is 3.39. The summed E-state index contributed by atoms with van der Waals surface area (Å²) in [5.74, 6) is -0.204. The van der Waals surface area contributed by atoms with Crippen LogP contribution in [0.4, 0.5) is 0 Å². The maximum absolute atomic E-state index is 12.8. The lowest BCUT2D eigenvalue weighted by atomic mass is 10.0. The molecule has 30 heavy (non-hydrogen) atoms. The van der Waals surface area contributed by atoms with Crippen LogP contribution in [0.5, 0.6) is 0 Å². The van der Waals surface area contributed by atoms with Gasteiger partial charge in [0.1, 0.15) is 5.52 Å². The van der Waals surface area contributed by atoms with Gasteiger partial charge < -0.3 is 20.2 Å². The third-order valence-corrected chi connectivity index (χ3v) is 5.21. The van der Waals surface area contributed by atoms with E-state index in [1.54, 1.807) is 16.7 Å². The quantitative estimate of drug-likeness (QED) is 0.378. The van der Waals surface area contributed by atoms with Crippen molar-refractivity contribution in [1.82, 2.24) is 20.2 Å². The summed E-state index contributed by atoms with van der Waals surface area (Å²) in [7, 11) is 0. The van der Waals surface area contributed by atoms with Crippen molar-refractivity contribution in [2.24, 2.45) is 0 Å². The first-order chi connectivity index (χ1) is 14.5. The summed E-state index contributed by atoms with van der Waals surface area (Å²) in [6.07, 6.45) is 5.69. The minimum absolute atomic E-state index is 0.0669. The molecule has 0 saturated carbocycles. The molecule has 2 aromatic heterocycles. The molecule has 0 bridgehead atoms. The molecule has 0 aliphatic heterocycles. The Bertz CT molecular complexity index is 1140. The summed E-state index contributed by atoms with van der Waals surface area (Å²) >= 11 is 6.46. The number of aromatic nitrogens is 2. The number of allylic oxidation sites excluding steroid dienone is 2. The second-order valence-electron chi connectivity index (χ2n) is 7.11. The largest absolute Gasteiger partial charge is 0.354 e. The molecule has 0 saturated heterocycles. The van der Waals surface area contributed by atoms with E-state index < -0.39 is 0 Å². The lowest BCUT2D eigenvalue weighted by molar-refractivity contribution is 0.0954. The summed E-state index contributed by atoms with van der Waals surface area (Å²) < 4.78 is 1.67. The lowest BCUT2D eigenvalue weighted by Crippen LogP contribution is -2.31. The first-order valence-electron chi connectivity index (χ1n) is 10.1. The number of aryl methyl sites for hydroxylation is 1. The molecule has 3 N–H and O–H groups in total. The number of nitrogens with one attached hydrogen (secondary N) is 3. The molecule has 0 spiro atoms. The molecule has 158 valence electrons. The Hall–Kier alpha value is -2.83. The van der Waals surface area contributed by atoms with Gasteiger partial charge in [-0.25, -0.2) is 0 Å². The van der Waals surface area contributed by atoms with Crippen molar-refractivity contribution in [3.05, 3.63) is 69.2 Å². The van der Waals surface area contributed by atoms with Crippen LogP contribution in [0.15, 0.2) is 47.4 Å². The van der Waals surface area contributed by atoms with Gasteiger partial charge in [0.05, 0.1) is 10.6 Å². The van der Waals surface area contributed by atoms with E-state index in [0.717, 1.165) is 28.8 Å². The van der Waals surface area contributed by atoms with Crippen molar-refractivity contribution in [3.8, 4) is 11.1 Å². The summed E-state index contributed by atoms with van der Waals surface area (Å²) in [5, 5.41) is 7.24. The summed E-state index contributed by atoms with van der Waals surface area (Å²) in [6.45, 7) is 8.44. The van der Waals surface area contributed by atoms with Crippen molar-refractivity contribution < 1.29 is 4.79 Å². The zero-order valence-electron chi connectivity index (χ0n) is 17.5. The number of likely N-dealkylation sites (N-methyl/N-ethyl adjacent to an activating group) is 1. The fourth-order valence-corrected chi connectivity index (χ4v) is 3.65. The number of aromatic amines is 1. The number of rotatable bonds is 8. The smallest absolute Gasteiger partial charge is 0.275 e. The molecule has 0 atom stereocenters. The van der Waals surface area contributed by atoms with Crippen LogP contribution in [0, 0.1) is 6.92 Å². The van der Waals surface area contributed by atoms with Crippen LogP contribution in [-0.2, 0) is 6.54 Å². The number of benzene rings is 1. The standard InChI is InChI=1S/C23H27ClN4O2/c1-4-6-11-28-14-19(18-12-15(3)27-21(18)23(28)30)16-7-8-17(20(24)13-16)22(29)26-10-9-25-5-2/h4,6-8,12-14,25,27H,5,9-11H2,1-3H3,(H,26,29)/b6-4+. The molecule has 3 rings (SSSR count). The molecule has 0 fully saturated rings. The van der Waals surface area contributed by atoms with Crippen LogP contribution >= 0.6 is 11.6 Å². The minimum Gasteiger partial charge on any atom is -0.354 e. The van der Waals surface area contributed by atoms with Gasteiger partial charge in [-0.3, -0.25) is 9.59 Å². The first kappa shape index (κ1) is 21.9. The SMILES string of the molecule is C/C=C/Cn1cc(-c2ccc(C(=O)NCCNCC)c(Cl)c2)c2cc(C)[nH]c2c1=O. The molecule has 0 aliphatic rings. The molecule has 0 unspecified atom stereocenters. The number of hydrogen-bond donors (Lipinski definition) is 3. The average Bonchev–Trinajstić information content (AvgIpc) is 3.12. The molecule has 1 aromatic carbocycles. The van der Waals surface area contributed by atoms with Crippen molar-refractivity contribution >= 4 is 28.4 Å². The molecule has 0 aliphatic carbocycles. The van der Waals surface area contributed by atoms with Gasteiger partial charge in [-0.05, 0) is 44.2 Å². The Morgan fingerprint density at radius 2 is 2.07 bits per heavy atom. The van der Waals surface area contributed by atoms with Crippen LogP contribution in [0.1, 0.15) is 29.9 Å². The normalized spacial score (nSPS) is 11.5. The second kappa shape index (κ2) is 9.78. The van der Waals surface area contributed by atoms with Gasteiger partial charge in [-0.15, -0.1) is 0 Å². The Kier molecular flexibility index (Phi) is 7.13. The maximum Gasteiger partial charge on any atom is 0.275 e. The van der Waals surface area contributed by atoms with Crippen LogP contribution in [0.3, 0.4) is 0 Å². The van der Waals surface area contributed by atoms with E-state index in [2.05, 4.69) is 15.6 Å². The highest BCUT2D eigenvalue weighted by Gasteiger charge is 2.15. The number of carbonyl (C=O) groups excluding carboxylic acids is 1. The Labute approximate surface area is 180 Å². The van der Waals surface area contributed by atoms with Crippen molar-refractivity contribution in [2.45, 2.75) is 27.3 Å². The van der Waals surface area contributed by atoms with E-state index in [1.165, 1.54) is 0 Å². The van der Waals surface area contributed by atoms with Gasteiger partial charge in [0.15, 0.2) is 0 Å². The summed E-state index contributed by atoms with van der Waals surface area (Å²) in [6, 6.07) is 7.34. The molecular formula is C23H27ClN4O2. The maximum atomic E-state index is 12.8. The number of amides is 1. The van der Waals surface area contributed by atoms with E-state index in [1.807, 2.05) is 51.3 Å². The van der Waals surface area contributed by atoms with Gasteiger partial charge in [0.2, 0.25) is 0 Å². The number of H-pyrrole nitrogens is 1. The first-order valence-corrected chi connectivity index (χ1v) is 10.5. The van der Waals surface area contributed by atoms with Crippen LogP contribution in [0.2, 0.25) is 5.02 Å². The highest BCUT2D eigenvalue weighted by atomic mass is 35.5. The Balaban J connectivity index is 1.99. The van der Waals surface area contributed by atoms with E-state index in [4.69, 9.17) is 11.6 Å². The molecule has 0 radical (unpaired) electrons. The van der Waals surface area contributed by atoms with Gasteiger partial charge in [-0.1, -0.05) is 36.7 Å². The Morgan fingerprint density at radius 3 is 2.77 bits per heavy atom. The number of halogens is 1. The molecule has 7 heteroatoms. The topological polar surface area (TPSA) is 78.9 Å². The molecule has 6 nitrogen and oxygen atoms in total. The van der Waals surface area contributed by atoms with Crippen molar-refractivity contribution in [1.29, 1.82) is 0 Å². The average molecular weight is 427 g/mol.